The molecule has 0 aliphatic rings. The molecule has 0 bridgehead atoms. The van der Waals surface area contributed by atoms with Crippen molar-refractivity contribution < 1.29 is 32.3 Å². The monoisotopic (exact) mass is 225 g/mol. The van der Waals surface area contributed by atoms with E-state index in [0.717, 1.165) is 0 Å². The average molecular weight is 225 g/mol. The first-order chi connectivity index (χ1) is 6.80. The number of pyridine rings is 1. The lowest BCUT2D eigenvalue weighted by Gasteiger charge is -2.08. The van der Waals surface area contributed by atoms with Gasteiger partial charge in [0.2, 0.25) is 0 Å². The predicted molar refractivity (Wildman–Crippen MR) is 40.0 cm³/mol. The lowest BCUT2D eigenvalue weighted by molar-refractivity contribution is -0.143. The van der Waals surface area contributed by atoms with Crippen molar-refractivity contribution in [2.24, 2.45) is 0 Å². The van der Waals surface area contributed by atoms with E-state index in [2.05, 4.69) is 9.64 Å². The molecule has 0 radical (unpaired) electrons. The molecule has 2 N–H and O–H groups in total. The summed E-state index contributed by atoms with van der Waals surface area (Å²) in [4.78, 5) is 2.76. The largest absolute Gasteiger partial charge is 0.707 e. The number of halogens is 4. The van der Waals surface area contributed by atoms with Gasteiger partial charge in [0.25, 0.3) is 0 Å². The summed E-state index contributed by atoms with van der Waals surface area (Å²) < 4.78 is 52.9. The zero-order valence-corrected chi connectivity index (χ0v) is 6.99. The van der Waals surface area contributed by atoms with Crippen molar-refractivity contribution in [1.82, 2.24) is 4.98 Å². The number of hydrogen-bond acceptors (Lipinski definition) is 4. The number of aromatic nitrogens is 1. The minimum atomic E-state index is -4.90. The molecule has 15 heavy (non-hydrogen) atoms. The Morgan fingerprint density at radius 1 is 1.33 bits per heavy atom. The Kier molecular flexibility index (Phi) is 3.15. The summed E-state index contributed by atoms with van der Waals surface area (Å²) in [5.74, 6) is -2.17. The molecule has 0 spiro atoms. The van der Waals surface area contributed by atoms with E-state index in [1.165, 1.54) is 0 Å². The van der Waals surface area contributed by atoms with E-state index in [1.807, 2.05) is 0 Å². The van der Waals surface area contributed by atoms with E-state index in [9.17, 15) is 17.6 Å². The first-order valence-corrected chi connectivity index (χ1v) is 3.56. The maximum absolute atomic E-state index is 12.8. The fourth-order valence-electron chi connectivity index (χ4n) is 0.815. The van der Waals surface area contributed by atoms with Crippen LogP contribution in [-0.2, 0) is 6.18 Å². The highest BCUT2D eigenvalue weighted by molar-refractivity contribution is 6.33. The van der Waals surface area contributed by atoms with Crippen LogP contribution in [0.25, 0.3) is 0 Å². The molecule has 0 saturated heterocycles. The van der Waals surface area contributed by atoms with Gasteiger partial charge in [-0.2, -0.15) is 13.2 Å². The van der Waals surface area contributed by atoms with Gasteiger partial charge in [0.05, 0.1) is 6.20 Å². The van der Waals surface area contributed by atoms with Gasteiger partial charge in [-0.25, -0.2) is 9.37 Å². The van der Waals surface area contributed by atoms with Gasteiger partial charge in [-0.05, 0) is 0 Å². The van der Waals surface area contributed by atoms with Crippen molar-refractivity contribution in [2.45, 2.75) is 6.18 Å². The molecule has 1 rings (SSSR count). The van der Waals surface area contributed by atoms with Crippen molar-refractivity contribution in [3.8, 4) is 5.75 Å². The second kappa shape index (κ2) is 4.03. The van der Waals surface area contributed by atoms with E-state index < -0.39 is 30.8 Å². The SMILES string of the molecule is OB(O)Oc1cnc(C(F)(F)F)c(F)c1. The van der Waals surface area contributed by atoms with Crippen LogP contribution in [0.1, 0.15) is 5.69 Å². The van der Waals surface area contributed by atoms with E-state index >= 15 is 0 Å². The standard InChI is InChI=1S/C6H4BF4NO3/c8-4-1-3(15-7(13)14)2-12-5(4)6(9,10)11/h1-2,13-14H. The fourth-order valence-corrected chi connectivity index (χ4v) is 0.815. The summed E-state index contributed by atoms with van der Waals surface area (Å²) in [5, 5.41) is 16.6. The zero-order valence-electron chi connectivity index (χ0n) is 6.99. The van der Waals surface area contributed by atoms with Crippen LogP contribution >= 0.6 is 0 Å². The predicted octanol–water partition coefficient (Wildman–Crippen LogP) is 0.588. The lowest BCUT2D eigenvalue weighted by Crippen LogP contribution is -2.21. The van der Waals surface area contributed by atoms with Gasteiger partial charge < -0.3 is 14.7 Å². The molecule has 82 valence electrons. The maximum atomic E-state index is 12.8. The Morgan fingerprint density at radius 2 is 1.93 bits per heavy atom. The van der Waals surface area contributed by atoms with Crippen molar-refractivity contribution in [2.75, 3.05) is 0 Å². The van der Waals surface area contributed by atoms with Crippen LogP contribution in [0.3, 0.4) is 0 Å². The Balaban J connectivity index is 2.99. The highest BCUT2D eigenvalue weighted by atomic mass is 19.4. The Hall–Kier alpha value is -1.35. The molecule has 0 unspecified atom stereocenters. The molecule has 4 nitrogen and oxygen atoms in total. The van der Waals surface area contributed by atoms with Crippen molar-refractivity contribution in [3.05, 3.63) is 23.8 Å². The molecule has 0 atom stereocenters. The number of hydrogen-bond donors (Lipinski definition) is 2. The number of rotatable bonds is 2. The third kappa shape index (κ3) is 3.06. The minimum Gasteiger partial charge on any atom is -0.511 e. The fraction of sp³-hybridized carbons (Fsp3) is 0.167. The summed E-state index contributed by atoms with van der Waals surface area (Å²) in [5.41, 5.74) is -1.69. The average Bonchev–Trinajstić information content (AvgIpc) is 1.99. The minimum absolute atomic E-state index is 0.356. The molecule has 0 aromatic carbocycles. The summed E-state index contributed by atoms with van der Waals surface area (Å²) >= 11 is 0. The summed E-state index contributed by atoms with van der Waals surface area (Å²) in [7, 11) is -2.25. The molecule has 1 aromatic rings. The van der Waals surface area contributed by atoms with Gasteiger partial charge in [-0.15, -0.1) is 0 Å². The topological polar surface area (TPSA) is 62.6 Å². The zero-order chi connectivity index (χ0) is 11.6. The van der Waals surface area contributed by atoms with Crippen molar-refractivity contribution in [1.29, 1.82) is 0 Å². The molecular weight excluding hydrogens is 221 g/mol. The highest BCUT2D eigenvalue weighted by Gasteiger charge is 2.36. The third-order valence-electron chi connectivity index (χ3n) is 1.33. The molecule has 0 saturated carbocycles. The van der Waals surface area contributed by atoms with Crippen LogP contribution in [0.5, 0.6) is 5.75 Å². The van der Waals surface area contributed by atoms with Crippen LogP contribution in [-0.4, -0.2) is 22.4 Å². The van der Waals surface area contributed by atoms with Gasteiger partial charge in [0, 0.05) is 6.07 Å². The molecule has 9 heteroatoms. The second-order valence-electron chi connectivity index (χ2n) is 2.44. The Bertz CT molecular complexity index is 357. The molecule has 0 fully saturated rings. The normalized spacial score (nSPS) is 11.3. The molecule has 0 aliphatic carbocycles. The summed E-state index contributed by atoms with van der Waals surface area (Å²) in [6.07, 6.45) is -4.37. The molecule has 1 aromatic heterocycles. The summed E-state index contributed by atoms with van der Waals surface area (Å²) in [6, 6.07) is 0.356. The first-order valence-electron chi connectivity index (χ1n) is 3.56. The van der Waals surface area contributed by atoms with E-state index in [-0.39, 0.29) is 0 Å². The number of nitrogens with zero attached hydrogens (tertiary/aromatic N) is 1. The Morgan fingerprint density at radius 3 is 2.33 bits per heavy atom. The molecule has 1 heterocycles. The van der Waals surface area contributed by atoms with Gasteiger partial charge in [-0.3, -0.25) is 0 Å². The van der Waals surface area contributed by atoms with E-state index in [4.69, 9.17) is 10.0 Å². The third-order valence-corrected chi connectivity index (χ3v) is 1.33. The van der Waals surface area contributed by atoms with Crippen molar-refractivity contribution >= 4 is 7.32 Å². The highest BCUT2D eigenvalue weighted by Crippen LogP contribution is 2.30. The van der Waals surface area contributed by atoms with Gasteiger partial charge in [0.15, 0.2) is 11.5 Å². The van der Waals surface area contributed by atoms with Gasteiger partial charge in [-0.1, -0.05) is 0 Å². The van der Waals surface area contributed by atoms with Crippen LogP contribution in [0, 0.1) is 5.82 Å². The van der Waals surface area contributed by atoms with Gasteiger partial charge in [0.1, 0.15) is 5.75 Å². The lowest BCUT2D eigenvalue weighted by atomic mass is 10.2. The van der Waals surface area contributed by atoms with Crippen molar-refractivity contribution in [3.63, 3.8) is 0 Å². The van der Waals surface area contributed by atoms with Crippen LogP contribution in [0.15, 0.2) is 12.3 Å². The smallest absolute Gasteiger partial charge is 0.511 e. The van der Waals surface area contributed by atoms with Crippen LogP contribution in [0.4, 0.5) is 17.6 Å². The van der Waals surface area contributed by atoms with Gasteiger partial charge >= 0.3 is 13.5 Å². The van der Waals surface area contributed by atoms with Crippen LogP contribution < -0.4 is 4.65 Å². The van der Waals surface area contributed by atoms with E-state index in [0.29, 0.717) is 12.3 Å². The summed E-state index contributed by atoms with van der Waals surface area (Å²) in [6.45, 7) is 0. The first kappa shape index (κ1) is 11.7. The second-order valence-corrected chi connectivity index (χ2v) is 2.44. The van der Waals surface area contributed by atoms with E-state index in [1.54, 1.807) is 0 Å². The molecule has 0 amide bonds. The van der Waals surface area contributed by atoms with Crippen LogP contribution in [0.2, 0.25) is 0 Å². The Labute approximate surface area is 81.3 Å². The number of alkyl halides is 3. The molecule has 0 aliphatic heterocycles. The maximum Gasteiger partial charge on any atom is 0.707 e. The quantitative estimate of drug-likeness (QED) is 0.570. The molecular formula is C6H4BF4NO3.